The molecule has 1 rings (SSSR count). The Labute approximate surface area is 114 Å². The smallest absolute Gasteiger partial charge is 0.234 e. The molecule has 1 amide bonds. The fraction of sp³-hybridized carbons (Fsp3) is 0.500. The van der Waals surface area contributed by atoms with Crippen LogP contribution in [0.15, 0.2) is 24.3 Å². The van der Waals surface area contributed by atoms with Crippen molar-refractivity contribution in [2.45, 2.75) is 20.4 Å². The fourth-order valence-corrected chi connectivity index (χ4v) is 1.83. The lowest BCUT2D eigenvalue weighted by molar-refractivity contribution is -0.122. The molecule has 1 N–H and O–H groups in total. The van der Waals surface area contributed by atoms with Gasteiger partial charge in [0.15, 0.2) is 0 Å². The molecule has 0 unspecified atom stereocenters. The van der Waals surface area contributed by atoms with Crippen molar-refractivity contribution in [1.29, 1.82) is 0 Å². The number of amides is 1. The lowest BCUT2D eigenvalue weighted by Gasteiger charge is -2.17. The molecule has 0 atom stereocenters. The maximum atomic E-state index is 11.6. The van der Waals surface area contributed by atoms with Gasteiger partial charge in [0.2, 0.25) is 5.91 Å². The number of benzene rings is 1. The highest BCUT2D eigenvalue weighted by Gasteiger charge is 2.07. The number of carbonyl (C=O) groups excluding carboxylic acids is 1. The summed E-state index contributed by atoms with van der Waals surface area (Å²) in [5.41, 5.74) is 1.11. The Bertz CT molecular complexity index is 393. The Balaban J connectivity index is 2.37. The molecule has 3 nitrogen and oxygen atoms in total. The largest absolute Gasteiger partial charge is 0.355 e. The second-order valence-corrected chi connectivity index (χ2v) is 5.44. The molecule has 0 bridgehead atoms. The Morgan fingerprint density at radius 1 is 1.44 bits per heavy atom. The van der Waals surface area contributed by atoms with Crippen LogP contribution in [0.1, 0.15) is 19.4 Å². The molecule has 100 valence electrons. The number of carbonyl (C=O) groups is 1. The van der Waals surface area contributed by atoms with Crippen LogP contribution >= 0.6 is 11.6 Å². The van der Waals surface area contributed by atoms with Crippen LogP contribution in [0.25, 0.3) is 0 Å². The Hall–Kier alpha value is -1.06. The lowest BCUT2D eigenvalue weighted by Crippen LogP contribution is -2.36. The Kier molecular flexibility index (Phi) is 6.16. The van der Waals surface area contributed by atoms with E-state index in [9.17, 15) is 4.79 Å². The summed E-state index contributed by atoms with van der Waals surface area (Å²) in [6.07, 6.45) is 0. The number of hydrogen-bond donors (Lipinski definition) is 1. The van der Waals surface area contributed by atoms with Gasteiger partial charge in [-0.3, -0.25) is 9.69 Å². The van der Waals surface area contributed by atoms with Crippen LogP contribution in [-0.2, 0) is 11.3 Å². The molecular formula is C14H21ClN2O. The molecule has 0 spiro atoms. The highest BCUT2D eigenvalue weighted by molar-refractivity contribution is 6.30. The normalized spacial score (nSPS) is 11.0. The average molecular weight is 269 g/mol. The number of nitrogens with one attached hydrogen (secondary N) is 1. The van der Waals surface area contributed by atoms with Crippen molar-refractivity contribution in [2.75, 3.05) is 20.1 Å². The van der Waals surface area contributed by atoms with Gasteiger partial charge in [-0.05, 0) is 30.7 Å². The van der Waals surface area contributed by atoms with Crippen LogP contribution in [0, 0.1) is 5.92 Å². The van der Waals surface area contributed by atoms with Crippen molar-refractivity contribution in [3.8, 4) is 0 Å². The molecule has 18 heavy (non-hydrogen) atoms. The SMILES string of the molecule is CC(C)CNC(=O)CN(C)Cc1cccc(Cl)c1. The molecule has 0 aliphatic heterocycles. The highest BCUT2D eigenvalue weighted by Crippen LogP contribution is 2.11. The van der Waals surface area contributed by atoms with E-state index in [2.05, 4.69) is 19.2 Å². The van der Waals surface area contributed by atoms with Gasteiger partial charge in [-0.1, -0.05) is 37.6 Å². The van der Waals surface area contributed by atoms with E-state index in [1.54, 1.807) is 0 Å². The van der Waals surface area contributed by atoms with E-state index in [4.69, 9.17) is 11.6 Å². The fourth-order valence-electron chi connectivity index (χ4n) is 1.62. The van der Waals surface area contributed by atoms with E-state index in [-0.39, 0.29) is 5.91 Å². The first-order valence-electron chi connectivity index (χ1n) is 6.17. The van der Waals surface area contributed by atoms with Gasteiger partial charge in [-0.2, -0.15) is 0 Å². The molecular weight excluding hydrogens is 248 g/mol. The highest BCUT2D eigenvalue weighted by atomic mass is 35.5. The van der Waals surface area contributed by atoms with Crippen LogP contribution in [0.4, 0.5) is 0 Å². The van der Waals surface area contributed by atoms with Gasteiger partial charge in [0.05, 0.1) is 6.54 Å². The predicted octanol–water partition coefficient (Wildman–Crippen LogP) is 2.54. The Morgan fingerprint density at radius 3 is 2.78 bits per heavy atom. The van der Waals surface area contributed by atoms with Crippen LogP contribution in [0.2, 0.25) is 5.02 Å². The topological polar surface area (TPSA) is 32.3 Å². The molecule has 0 aromatic heterocycles. The first-order chi connectivity index (χ1) is 8.47. The minimum Gasteiger partial charge on any atom is -0.355 e. The van der Waals surface area contributed by atoms with Crippen LogP contribution in [0.3, 0.4) is 0 Å². The molecule has 0 heterocycles. The van der Waals surface area contributed by atoms with Gasteiger partial charge in [0, 0.05) is 18.1 Å². The van der Waals surface area contributed by atoms with Crippen molar-refractivity contribution >= 4 is 17.5 Å². The molecule has 1 aromatic rings. The van der Waals surface area contributed by atoms with Gasteiger partial charge in [0.25, 0.3) is 0 Å². The van der Waals surface area contributed by atoms with Crippen LogP contribution in [0.5, 0.6) is 0 Å². The molecule has 0 aliphatic rings. The number of halogens is 1. The predicted molar refractivity (Wildman–Crippen MR) is 75.6 cm³/mol. The van der Waals surface area contributed by atoms with Crippen LogP contribution in [-0.4, -0.2) is 30.9 Å². The number of hydrogen-bond acceptors (Lipinski definition) is 2. The summed E-state index contributed by atoms with van der Waals surface area (Å²) in [6, 6.07) is 7.70. The summed E-state index contributed by atoms with van der Waals surface area (Å²) in [6.45, 7) is 6.00. The van der Waals surface area contributed by atoms with E-state index in [0.717, 1.165) is 23.7 Å². The summed E-state index contributed by atoms with van der Waals surface area (Å²) < 4.78 is 0. The van der Waals surface area contributed by atoms with Gasteiger partial charge >= 0.3 is 0 Å². The molecule has 0 saturated carbocycles. The van der Waals surface area contributed by atoms with E-state index in [0.29, 0.717) is 12.5 Å². The van der Waals surface area contributed by atoms with E-state index < -0.39 is 0 Å². The maximum absolute atomic E-state index is 11.6. The second kappa shape index (κ2) is 7.39. The van der Waals surface area contributed by atoms with Crippen molar-refractivity contribution in [3.05, 3.63) is 34.9 Å². The zero-order chi connectivity index (χ0) is 13.5. The summed E-state index contributed by atoms with van der Waals surface area (Å²) in [4.78, 5) is 13.6. The first-order valence-corrected chi connectivity index (χ1v) is 6.55. The zero-order valence-corrected chi connectivity index (χ0v) is 12.0. The monoisotopic (exact) mass is 268 g/mol. The second-order valence-electron chi connectivity index (χ2n) is 5.00. The third kappa shape index (κ3) is 6.03. The molecule has 0 saturated heterocycles. The van der Waals surface area contributed by atoms with E-state index in [1.807, 2.05) is 36.2 Å². The van der Waals surface area contributed by atoms with Gasteiger partial charge in [-0.25, -0.2) is 0 Å². The molecule has 0 fully saturated rings. The first kappa shape index (κ1) is 15.0. The lowest BCUT2D eigenvalue weighted by atomic mass is 10.2. The van der Waals surface area contributed by atoms with Crippen molar-refractivity contribution in [3.63, 3.8) is 0 Å². The summed E-state index contributed by atoms with van der Waals surface area (Å²) in [5.74, 6) is 0.542. The zero-order valence-electron chi connectivity index (χ0n) is 11.2. The minimum absolute atomic E-state index is 0.0632. The number of likely N-dealkylation sites (N-methyl/N-ethyl adjacent to an activating group) is 1. The van der Waals surface area contributed by atoms with E-state index in [1.165, 1.54) is 0 Å². The summed E-state index contributed by atoms with van der Waals surface area (Å²) in [5, 5.41) is 3.63. The maximum Gasteiger partial charge on any atom is 0.234 e. The van der Waals surface area contributed by atoms with Crippen molar-refractivity contribution in [1.82, 2.24) is 10.2 Å². The van der Waals surface area contributed by atoms with Gasteiger partial charge < -0.3 is 5.32 Å². The molecule has 1 aromatic carbocycles. The summed E-state index contributed by atoms with van der Waals surface area (Å²) >= 11 is 5.92. The van der Waals surface area contributed by atoms with Crippen molar-refractivity contribution < 1.29 is 4.79 Å². The molecule has 4 heteroatoms. The van der Waals surface area contributed by atoms with E-state index >= 15 is 0 Å². The van der Waals surface area contributed by atoms with Crippen LogP contribution < -0.4 is 5.32 Å². The Morgan fingerprint density at radius 2 is 2.17 bits per heavy atom. The summed E-state index contributed by atoms with van der Waals surface area (Å²) in [7, 11) is 1.93. The average Bonchev–Trinajstić information content (AvgIpc) is 2.26. The third-order valence-corrected chi connectivity index (χ3v) is 2.70. The quantitative estimate of drug-likeness (QED) is 0.860. The standard InChI is InChI=1S/C14H21ClN2O/c1-11(2)8-16-14(18)10-17(3)9-12-5-4-6-13(15)7-12/h4-7,11H,8-10H2,1-3H3,(H,16,18). The third-order valence-electron chi connectivity index (χ3n) is 2.46. The number of rotatable bonds is 6. The minimum atomic E-state index is 0.0632. The molecule has 0 aliphatic carbocycles. The molecule has 0 radical (unpaired) electrons. The van der Waals surface area contributed by atoms with Crippen molar-refractivity contribution in [2.24, 2.45) is 5.92 Å². The number of nitrogens with zero attached hydrogens (tertiary/aromatic N) is 1. The van der Waals surface area contributed by atoms with Gasteiger partial charge in [-0.15, -0.1) is 0 Å². The van der Waals surface area contributed by atoms with Gasteiger partial charge in [0.1, 0.15) is 0 Å².